The summed E-state index contributed by atoms with van der Waals surface area (Å²) in [7, 11) is -1.35. The third-order valence-electron chi connectivity index (χ3n) is 2.52. The second-order valence-corrected chi connectivity index (χ2v) is 5.31. The van der Waals surface area contributed by atoms with E-state index in [1.165, 1.54) is 0 Å². The lowest BCUT2D eigenvalue weighted by Crippen LogP contribution is -2.25. The van der Waals surface area contributed by atoms with E-state index in [2.05, 4.69) is 0 Å². The van der Waals surface area contributed by atoms with E-state index in [0.717, 1.165) is 11.1 Å². The predicted octanol–water partition coefficient (Wildman–Crippen LogP) is 2.11. The molecule has 1 aromatic carbocycles. The molecule has 0 aliphatic heterocycles. The Kier molecular flexibility index (Phi) is 4.68. The van der Waals surface area contributed by atoms with E-state index in [0.29, 0.717) is 12.2 Å². The standard InChI is InChI=1S/C12H16O3S/c1-3-11(12(13)14)16(15)8-10-7-5-4-6-9(10)2/h4-7,11H,3,8H2,1-2H3,(H,13,14). The first kappa shape index (κ1) is 12.9. The van der Waals surface area contributed by atoms with Crippen LogP contribution in [0.1, 0.15) is 24.5 Å². The molecule has 16 heavy (non-hydrogen) atoms. The number of aryl methyl sites for hydroxylation is 1. The molecule has 0 radical (unpaired) electrons. The number of aliphatic carboxylic acids is 1. The molecule has 4 heteroatoms. The maximum Gasteiger partial charge on any atom is 0.319 e. The van der Waals surface area contributed by atoms with E-state index in [1.807, 2.05) is 31.2 Å². The highest BCUT2D eigenvalue weighted by atomic mass is 32.2. The summed E-state index contributed by atoms with van der Waals surface area (Å²) in [5, 5.41) is 8.13. The number of hydrogen-bond acceptors (Lipinski definition) is 2. The Labute approximate surface area is 98.0 Å². The Morgan fingerprint density at radius 3 is 2.56 bits per heavy atom. The molecule has 2 atom stereocenters. The summed E-state index contributed by atoms with van der Waals surface area (Å²) in [6.45, 7) is 3.68. The Hall–Kier alpha value is -1.16. The number of rotatable bonds is 5. The normalized spacial score (nSPS) is 14.4. The Balaban J connectivity index is 2.78. The molecule has 0 aromatic heterocycles. The van der Waals surface area contributed by atoms with Gasteiger partial charge in [-0.3, -0.25) is 9.00 Å². The largest absolute Gasteiger partial charge is 0.480 e. The van der Waals surface area contributed by atoms with E-state index < -0.39 is 22.0 Å². The molecular weight excluding hydrogens is 224 g/mol. The van der Waals surface area contributed by atoms with Gasteiger partial charge in [0.25, 0.3) is 0 Å². The average molecular weight is 240 g/mol. The van der Waals surface area contributed by atoms with Gasteiger partial charge in [0, 0.05) is 16.6 Å². The van der Waals surface area contributed by atoms with Crippen LogP contribution in [0.25, 0.3) is 0 Å². The minimum Gasteiger partial charge on any atom is -0.480 e. The molecular formula is C12H16O3S. The number of carbonyl (C=O) groups is 1. The van der Waals surface area contributed by atoms with Gasteiger partial charge in [-0.2, -0.15) is 0 Å². The van der Waals surface area contributed by atoms with Crippen LogP contribution in [-0.4, -0.2) is 20.5 Å². The van der Waals surface area contributed by atoms with Gasteiger partial charge in [-0.15, -0.1) is 0 Å². The maximum atomic E-state index is 11.9. The Bertz CT molecular complexity index is 401. The van der Waals surface area contributed by atoms with Gasteiger partial charge in [0.15, 0.2) is 0 Å². The quantitative estimate of drug-likeness (QED) is 0.857. The second kappa shape index (κ2) is 5.80. The van der Waals surface area contributed by atoms with Gasteiger partial charge in [-0.05, 0) is 24.5 Å². The molecule has 1 aromatic rings. The van der Waals surface area contributed by atoms with Crippen LogP contribution >= 0.6 is 0 Å². The zero-order chi connectivity index (χ0) is 12.1. The van der Waals surface area contributed by atoms with Crippen molar-refractivity contribution in [3.05, 3.63) is 35.4 Å². The minimum atomic E-state index is -1.35. The van der Waals surface area contributed by atoms with E-state index in [1.54, 1.807) is 6.92 Å². The highest BCUT2D eigenvalue weighted by Gasteiger charge is 2.22. The van der Waals surface area contributed by atoms with E-state index in [9.17, 15) is 9.00 Å². The van der Waals surface area contributed by atoms with Crippen molar-refractivity contribution in [3.8, 4) is 0 Å². The van der Waals surface area contributed by atoms with Crippen molar-refractivity contribution in [1.82, 2.24) is 0 Å². The molecule has 2 unspecified atom stereocenters. The zero-order valence-electron chi connectivity index (χ0n) is 9.47. The van der Waals surface area contributed by atoms with E-state index in [-0.39, 0.29) is 0 Å². The summed E-state index contributed by atoms with van der Waals surface area (Å²) in [5.41, 5.74) is 2.01. The molecule has 0 heterocycles. The average Bonchev–Trinajstić information content (AvgIpc) is 2.22. The van der Waals surface area contributed by atoms with Crippen molar-refractivity contribution in [2.24, 2.45) is 0 Å². The van der Waals surface area contributed by atoms with Crippen LogP contribution < -0.4 is 0 Å². The van der Waals surface area contributed by atoms with Gasteiger partial charge in [0.1, 0.15) is 5.25 Å². The SMILES string of the molecule is CCC(C(=O)O)S(=O)Cc1ccccc1C. The highest BCUT2D eigenvalue weighted by molar-refractivity contribution is 7.85. The fourth-order valence-electron chi connectivity index (χ4n) is 1.50. The molecule has 0 bridgehead atoms. The third-order valence-corrected chi connectivity index (χ3v) is 4.29. The summed E-state index contributed by atoms with van der Waals surface area (Å²) in [5.74, 6) is -0.660. The molecule has 0 aliphatic rings. The molecule has 0 spiro atoms. The molecule has 0 amide bonds. The lowest BCUT2D eigenvalue weighted by atomic mass is 10.1. The van der Waals surface area contributed by atoms with Crippen LogP contribution in [0.5, 0.6) is 0 Å². The van der Waals surface area contributed by atoms with Crippen molar-refractivity contribution in [1.29, 1.82) is 0 Å². The Morgan fingerprint density at radius 2 is 2.06 bits per heavy atom. The van der Waals surface area contributed by atoms with Gasteiger partial charge in [-0.25, -0.2) is 0 Å². The van der Waals surface area contributed by atoms with Crippen LogP contribution in [0.4, 0.5) is 0 Å². The number of carboxylic acids is 1. The topological polar surface area (TPSA) is 54.4 Å². The minimum absolute atomic E-state index is 0.317. The smallest absolute Gasteiger partial charge is 0.319 e. The summed E-state index contributed by atoms with van der Waals surface area (Å²) >= 11 is 0. The van der Waals surface area contributed by atoms with Crippen molar-refractivity contribution < 1.29 is 14.1 Å². The van der Waals surface area contributed by atoms with Crippen LogP contribution in [0, 0.1) is 6.92 Å². The highest BCUT2D eigenvalue weighted by Crippen LogP contribution is 2.13. The Morgan fingerprint density at radius 1 is 1.44 bits per heavy atom. The molecule has 0 saturated heterocycles. The molecule has 1 N–H and O–H groups in total. The van der Waals surface area contributed by atoms with E-state index >= 15 is 0 Å². The van der Waals surface area contributed by atoms with Crippen molar-refractivity contribution >= 4 is 16.8 Å². The summed E-state index contributed by atoms with van der Waals surface area (Å²) in [6.07, 6.45) is 0.397. The first-order valence-electron chi connectivity index (χ1n) is 5.20. The lowest BCUT2D eigenvalue weighted by molar-refractivity contribution is -0.136. The summed E-state index contributed by atoms with van der Waals surface area (Å²) in [4.78, 5) is 10.9. The summed E-state index contributed by atoms with van der Waals surface area (Å²) in [6, 6.07) is 7.62. The molecule has 1 rings (SSSR count). The number of carboxylic acid groups (broad SMARTS) is 1. The first-order valence-corrected chi connectivity index (χ1v) is 6.59. The second-order valence-electron chi connectivity index (χ2n) is 3.69. The van der Waals surface area contributed by atoms with Crippen LogP contribution in [0.2, 0.25) is 0 Å². The molecule has 88 valence electrons. The van der Waals surface area contributed by atoms with Gasteiger partial charge < -0.3 is 5.11 Å². The molecule has 0 saturated carbocycles. The summed E-state index contributed by atoms with van der Waals surface area (Å²) < 4.78 is 11.9. The zero-order valence-corrected chi connectivity index (χ0v) is 10.3. The predicted molar refractivity (Wildman–Crippen MR) is 64.7 cm³/mol. The monoisotopic (exact) mass is 240 g/mol. The molecule has 0 aliphatic carbocycles. The van der Waals surface area contributed by atoms with Gasteiger partial charge >= 0.3 is 5.97 Å². The van der Waals surface area contributed by atoms with Crippen molar-refractivity contribution in [3.63, 3.8) is 0 Å². The van der Waals surface area contributed by atoms with Crippen LogP contribution in [0.3, 0.4) is 0 Å². The number of benzene rings is 1. The number of hydrogen-bond donors (Lipinski definition) is 1. The maximum absolute atomic E-state index is 11.9. The molecule has 3 nitrogen and oxygen atoms in total. The van der Waals surface area contributed by atoms with Gasteiger partial charge in [0.05, 0.1) is 0 Å². The van der Waals surface area contributed by atoms with Crippen LogP contribution in [-0.2, 0) is 21.3 Å². The fourth-order valence-corrected chi connectivity index (χ4v) is 2.93. The van der Waals surface area contributed by atoms with Crippen LogP contribution in [0.15, 0.2) is 24.3 Å². The molecule has 0 fully saturated rings. The van der Waals surface area contributed by atoms with Crippen molar-refractivity contribution in [2.75, 3.05) is 0 Å². The van der Waals surface area contributed by atoms with Gasteiger partial charge in [-0.1, -0.05) is 31.2 Å². The van der Waals surface area contributed by atoms with Gasteiger partial charge in [0.2, 0.25) is 0 Å². The van der Waals surface area contributed by atoms with Crippen molar-refractivity contribution in [2.45, 2.75) is 31.3 Å². The van der Waals surface area contributed by atoms with E-state index in [4.69, 9.17) is 5.11 Å². The third kappa shape index (κ3) is 3.17. The first-order chi connectivity index (χ1) is 7.56. The fraction of sp³-hybridized carbons (Fsp3) is 0.417. The lowest BCUT2D eigenvalue weighted by Gasteiger charge is -2.11.